The summed E-state index contributed by atoms with van der Waals surface area (Å²) in [6.45, 7) is 1.75. The molecule has 3 rings (SSSR count). The number of esters is 1. The number of carbonyl (C=O) groups is 2. The molecule has 1 amide bonds. The molecule has 2 fully saturated rings. The number of carbonyl (C=O) groups excluding carboxylic acids is 1. The van der Waals surface area contributed by atoms with Crippen molar-refractivity contribution < 1.29 is 24.2 Å². The molecular weight excluding hydrogens is 334 g/mol. The third-order valence-corrected chi connectivity index (χ3v) is 5.46. The number of methoxy groups -OCH3 is 1. The number of hydrogen-bond acceptors (Lipinski definition) is 4. The normalized spacial score (nSPS) is 19.0. The molecule has 0 spiro atoms. The van der Waals surface area contributed by atoms with Crippen molar-refractivity contribution in [2.45, 2.75) is 38.0 Å². The minimum atomic E-state index is -0.839. The Bertz CT molecular complexity index is 635. The van der Waals surface area contributed by atoms with E-state index in [2.05, 4.69) is 6.07 Å². The number of nitrogens with zero attached hydrogens (tertiary/aromatic N) is 1. The Kier molecular flexibility index (Phi) is 6.01. The molecule has 1 aromatic rings. The summed E-state index contributed by atoms with van der Waals surface area (Å²) in [5.74, 6) is 1.79. The van der Waals surface area contributed by atoms with Gasteiger partial charge in [0.25, 0.3) is 0 Å². The third kappa shape index (κ3) is 4.90. The van der Waals surface area contributed by atoms with E-state index in [4.69, 9.17) is 14.6 Å². The zero-order chi connectivity index (χ0) is 18.5. The number of likely N-dealkylation sites (tertiary alicyclic amines) is 1. The van der Waals surface area contributed by atoms with Crippen LogP contribution >= 0.6 is 0 Å². The van der Waals surface area contributed by atoms with Gasteiger partial charge in [-0.15, -0.1) is 0 Å². The first kappa shape index (κ1) is 18.5. The topological polar surface area (TPSA) is 76.1 Å². The van der Waals surface area contributed by atoms with Gasteiger partial charge in [-0.3, -0.25) is 4.79 Å². The molecule has 1 aliphatic heterocycles. The number of amides is 1. The van der Waals surface area contributed by atoms with Gasteiger partial charge in [0.15, 0.2) is 0 Å². The zero-order valence-electron chi connectivity index (χ0n) is 15.2. The first-order valence-corrected chi connectivity index (χ1v) is 9.34. The average molecular weight is 361 g/mol. The Morgan fingerprint density at radius 2 is 1.96 bits per heavy atom. The predicted octanol–water partition coefficient (Wildman–Crippen LogP) is 3.51. The van der Waals surface area contributed by atoms with Gasteiger partial charge in [0.05, 0.1) is 20.1 Å². The van der Waals surface area contributed by atoms with E-state index in [0.29, 0.717) is 38.0 Å². The van der Waals surface area contributed by atoms with E-state index in [0.717, 1.165) is 37.0 Å². The maximum absolute atomic E-state index is 11.7. The largest absolute Gasteiger partial charge is 0.493 e. The molecule has 1 saturated heterocycles. The van der Waals surface area contributed by atoms with Crippen LogP contribution in [0.1, 0.15) is 43.6 Å². The van der Waals surface area contributed by atoms with Crippen molar-refractivity contribution in [3.63, 3.8) is 0 Å². The Morgan fingerprint density at radius 1 is 1.23 bits per heavy atom. The molecular formula is C20H27NO5. The summed E-state index contributed by atoms with van der Waals surface area (Å²) in [5.41, 5.74) is 1.14. The second kappa shape index (κ2) is 8.43. The maximum Gasteiger partial charge on any atom is 0.407 e. The summed E-state index contributed by atoms with van der Waals surface area (Å²) >= 11 is 0. The fraction of sp³-hybridized carbons (Fsp3) is 0.600. The van der Waals surface area contributed by atoms with Crippen LogP contribution in [0.15, 0.2) is 24.3 Å². The summed E-state index contributed by atoms with van der Waals surface area (Å²) in [6, 6.07) is 8.02. The lowest BCUT2D eigenvalue weighted by atomic mass is 9.91. The molecule has 1 aliphatic carbocycles. The second-order valence-electron chi connectivity index (χ2n) is 7.32. The molecule has 0 bridgehead atoms. The van der Waals surface area contributed by atoms with Crippen LogP contribution in [0.3, 0.4) is 0 Å². The van der Waals surface area contributed by atoms with Gasteiger partial charge in [-0.25, -0.2) is 4.79 Å². The van der Waals surface area contributed by atoms with Crippen LogP contribution in [0.4, 0.5) is 4.79 Å². The molecule has 6 nitrogen and oxygen atoms in total. The summed E-state index contributed by atoms with van der Waals surface area (Å²) in [6.07, 6.45) is 3.56. The Labute approximate surface area is 154 Å². The molecule has 0 radical (unpaired) electrons. The summed E-state index contributed by atoms with van der Waals surface area (Å²) in [7, 11) is 1.43. The molecule has 1 N–H and O–H groups in total. The van der Waals surface area contributed by atoms with E-state index in [-0.39, 0.29) is 11.9 Å². The molecule has 1 saturated carbocycles. The van der Waals surface area contributed by atoms with Crippen LogP contribution in [0, 0.1) is 11.8 Å². The lowest BCUT2D eigenvalue weighted by Crippen LogP contribution is -2.38. The van der Waals surface area contributed by atoms with Crippen molar-refractivity contribution in [1.82, 2.24) is 4.90 Å². The monoisotopic (exact) mass is 361 g/mol. The average Bonchev–Trinajstić information content (AvgIpc) is 3.49. The standard InChI is InChI=1S/C20H27NO5/c1-25-19(22)12-18(15-5-6-15)16-3-2-4-17(11-16)26-13-14-7-9-21(10-8-14)20(23)24/h2-4,11,14-15,18H,5-10,12-13H2,1H3,(H,23,24). The van der Waals surface area contributed by atoms with Crippen molar-refractivity contribution in [2.75, 3.05) is 26.8 Å². The quantitative estimate of drug-likeness (QED) is 0.752. The summed E-state index contributed by atoms with van der Waals surface area (Å²) < 4.78 is 10.8. The number of benzene rings is 1. The molecule has 26 heavy (non-hydrogen) atoms. The fourth-order valence-electron chi connectivity index (χ4n) is 3.66. The van der Waals surface area contributed by atoms with E-state index in [9.17, 15) is 9.59 Å². The van der Waals surface area contributed by atoms with Crippen molar-refractivity contribution in [3.05, 3.63) is 29.8 Å². The predicted molar refractivity (Wildman–Crippen MR) is 96.4 cm³/mol. The number of piperidine rings is 1. The van der Waals surface area contributed by atoms with Gasteiger partial charge in [0.1, 0.15) is 5.75 Å². The van der Waals surface area contributed by atoms with Gasteiger partial charge in [-0.05, 0) is 61.1 Å². The molecule has 2 aliphatic rings. The molecule has 1 atom stereocenters. The maximum atomic E-state index is 11.7. The minimum Gasteiger partial charge on any atom is -0.493 e. The Hall–Kier alpha value is -2.24. The molecule has 142 valence electrons. The zero-order valence-corrected chi connectivity index (χ0v) is 15.2. The number of carboxylic acid groups (broad SMARTS) is 1. The van der Waals surface area contributed by atoms with Gasteiger partial charge < -0.3 is 19.5 Å². The van der Waals surface area contributed by atoms with Crippen LogP contribution in [0.5, 0.6) is 5.75 Å². The van der Waals surface area contributed by atoms with Crippen molar-refractivity contribution in [1.29, 1.82) is 0 Å². The molecule has 1 heterocycles. The molecule has 1 unspecified atom stereocenters. The summed E-state index contributed by atoms with van der Waals surface area (Å²) in [4.78, 5) is 24.1. The van der Waals surface area contributed by atoms with Crippen LogP contribution in [-0.4, -0.2) is 48.9 Å². The molecule has 1 aromatic carbocycles. The van der Waals surface area contributed by atoms with Crippen LogP contribution in [0.25, 0.3) is 0 Å². The van der Waals surface area contributed by atoms with Gasteiger partial charge >= 0.3 is 12.1 Å². The Balaban J connectivity index is 1.55. The van der Waals surface area contributed by atoms with E-state index in [1.165, 1.54) is 12.0 Å². The minimum absolute atomic E-state index is 0.168. The van der Waals surface area contributed by atoms with Gasteiger partial charge in [-0.2, -0.15) is 0 Å². The highest BCUT2D eigenvalue weighted by Gasteiger charge is 2.34. The number of ether oxygens (including phenoxy) is 2. The highest BCUT2D eigenvalue weighted by atomic mass is 16.5. The van der Waals surface area contributed by atoms with Crippen molar-refractivity contribution in [2.24, 2.45) is 11.8 Å². The highest BCUT2D eigenvalue weighted by molar-refractivity contribution is 5.70. The first-order valence-electron chi connectivity index (χ1n) is 9.34. The molecule has 0 aromatic heterocycles. The first-order chi connectivity index (χ1) is 12.6. The lowest BCUT2D eigenvalue weighted by Gasteiger charge is -2.29. The smallest absolute Gasteiger partial charge is 0.407 e. The highest BCUT2D eigenvalue weighted by Crippen LogP contribution is 2.45. The SMILES string of the molecule is COC(=O)CC(c1cccc(OCC2CCN(C(=O)O)CC2)c1)C1CC1. The number of rotatable bonds is 7. The molecule has 6 heteroatoms. The van der Waals surface area contributed by atoms with Crippen LogP contribution in [0.2, 0.25) is 0 Å². The van der Waals surface area contributed by atoms with E-state index < -0.39 is 6.09 Å². The van der Waals surface area contributed by atoms with E-state index in [1.54, 1.807) is 0 Å². The van der Waals surface area contributed by atoms with Gasteiger partial charge in [0, 0.05) is 13.1 Å². The van der Waals surface area contributed by atoms with E-state index in [1.807, 2.05) is 18.2 Å². The van der Waals surface area contributed by atoms with Gasteiger partial charge in [-0.1, -0.05) is 12.1 Å². The third-order valence-electron chi connectivity index (χ3n) is 5.46. The number of hydrogen-bond donors (Lipinski definition) is 1. The fourth-order valence-corrected chi connectivity index (χ4v) is 3.66. The summed E-state index contributed by atoms with van der Waals surface area (Å²) in [5, 5.41) is 9.01. The van der Waals surface area contributed by atoms with E-state index >= 15 is 0 Å². The van der Waals surface area contributed by atoms with Crippen LogP contribution < -0.4 is 4.74 Å². The van der Waals surface area contributed by atoms with Gasteiger partial charge in [0.2, 0.25) is 0 Å². The van der Waals surface area contributed by atoms with Crippen LogP contribution in [-0.2, 0) is 9.53 Å². The second-order valence-corrected chi connectivity index (χ2v) is 7.32. The van der Waals surface area contributed by atoms with Crippen molar-refractivity contribution in [3.8, 4) is 5.75 Å². The lowest BCUT2D eigenvalue weighted by molar-refractivity contribution is -0.141. The Morgan fingerprint density at radius 3 is 2.58 bits per heavy atom. The van der Waals surface area contributed by atoms with Crippen molar-refractivity contribution >= 4 is 12.1 Å².